The molecular formula is C16H17ClN2O3S. The van der Waals surface area contributed by atoms with E-state index in [1.807, 2.05) is 32.0 Å². The zero-order valence-electron chi connectivity index (χ0n) is 13.0. The van der Waals surface area contributed by atoms with Crippen LogP contribution in [0.15, 0.2) is 36.4 Å². The molecule has 5 nitrogen and oxygen atoms in total. The van der Waals surface area contributed by atoms with Gasteiger partial charge in [-0.15, -0.1) is 0 Å². The number of sulfonamides is 1. The Hall–Kier alpha value is -2.05. The van der Waals surface area contributed by atoms with Crippen molar-refractivity contribution in [2.24, 2.45) is 0 Å². The summed E-state index contributed by atoms with van der Waals surface area (Å²) in [5.41, 5.74) is 3.23. The number of hydrogen-bond acceptors (Lipinski definition) is 3. The van der Waals surface area contributed by atoms with Crippen molar-refractivity contribution in [3.63, 3.8) is 0 Å². The highest BCUT2D eigenvalue weighted by molar-refractivity contribution is 7.92. The number of hydrogen-bond donors (Lipinski definition) is 2. The van der Waals surface area contributed by atoms with Crippen molar-refractivity contribution in [2.75, 3.05) is 16.3 Å². The highest BCUT2D eigenvalue weighted by atomic mass is 35.5. The SMILES string of the molecule is Cc1cc(C)cc(NC(=O)c2ccc(Cl)c(NS(C)(=O)=O)c2)c1. The summed E-state index contributed by atoms with van der Waals surface area (Å²) in [7, 11) is -3.48. The van der Waals surface area contributed by atoms with E-state index in [1.54, 1.807) is 0 Å². The van der Waals surface area contributed by atoms with E-state index in [9.17, 15) is 13.2 Å². The van der Waals surface area contributed by atoms with Crippen molar-refractivity contribution in [3.8, 4) is 0 Å². The standard InChI is InChI=1S/C16H17ClN2O3S/c1-10-6-11(2)8-13(7-10)18-16(20)12-4-5-14(17)15(9-12)19-23(3,21)22/h4-9,19H,1-3H3,(H,18,20). The Morgan fingerprint density at radius 1 is 1.04 bits per heavy atom. The molecule has 0 unspecified atom stereocenters. The fourth-order valence-electron chi connectivity index (χ4n) is 2.19. The van der Waals surface area contributed by atoms with E-state index in [0.717, 1.165) is 17.4 Å². The van der Waals surface area contributed by atoms with Gasteiger partial charge in [-0.2, -0.15) is 0 Å². The van der Waals surface area contributed by atoms with Crippen LogP contribution in [-0.2, 0) is 10.0 Å². The predicted octanol–water partition coefficient (Wildman–Crippen LogP) is 3.58. The van der Waals surface area contributed by atoms with Gasteiger partial charge in [0, 0.05) is 11.3 Å². The number of amides is 1. The lowest BCUT2D eigenvalue weighted by Gasteiger charge is -2.10. The largest absolute Gasteiger partial charge is 0.322 e. The molecule has 0 radical (unpaired) electrons. The van der Waals surface area contributed by atoms with Crippen molar-refractivity contribution in [1.82, 2.24) is 0 Å². The average molecular weight is 353 g/mol. The normalized spacial score (nSPS) is 11.1. The van der Waals surface area contributed by atoms with Gasteiger partial charge in [0.1, 0.15) is 0 Å². The number of nitrogens with one attached hydrogen (secondary N) is 2. The molecule has 1 amide bonds. The number of halogens is 1. The summed E-state index contributed by atoms with van der Waals surface area (Å²) in [6, 6.07) is 10.1. The van der Waals surface area contributed by atoms with E-state index in [-0.39, 0.29) is 16.6 Å². The smallest absolute Gasteiger partial charge is 0.255 e. The molecule has 0 aliphatic carbocycles. The minimum absolute atomic E-state index is 0.169. The molecule has 0 aliphatic rings. The van der Waals surface area contributed by atoms with Crippen molar-refractivity contribution in [2.45, 2.75) is 13.8 Å². The van der Waals surface area contributed by atoms with Gasteiger partial charge < -0.3 is 5.32 Å². The molecular weight excluding hydrogens is 336 g/mol. The first-order valence-electron chi connectivity index (χ1n) is 6.81. The minimum Gasteiger partial charge on any atom is -0.322 e. The molecule has 23 heavy (non-hydrogen) atoms. The fraction of sp³-hybridized carbons (Fsp3) is 0.188. The number of anilines is 2. The molecule has 0 bridgehead atoms. The molecule has 0 atom stereocenters. The number of rotatable bonds is 4. The molecule has 122 valence electrons. The third-order valence-electron chi connectivity index (χ3n) is 3.00. The van der Waals surface area contributed by atoms with Crippen LogP contribution in [0.2, 0.25) is 5.02 Å². The van der Waals surface area contributed by atoms with Crippen molar-refractivity contribution >= 4 is 38.9 Å². The summed E-state index contributed by atoms with van der Waals surface area (Å²) in [5.74, 6) is -0.344. The summed E-state index contributed by atoms with van der Waals surface area (Å²) >= 11 is 5.95. The highest BCUT2D eigenvalue weighted by Gasteiger charge is 2.12. The van der Waals surface area contributed by atoms with Crippen molar-refractivity contribution in [1.29, 1.82) is 0 Å². The average Bonchev–Trinajstić information content (AvgIpc) is 2.38. The second-order valence-corrected chi connectivity index (χ2v) is 7.56. The lowest BCUT2D eigenvalue weighted by molar-refractivity contribution is 0.102. The van der Waals surface area contributed by atoms with E-state index in [4.69, 9.17) is 11.6 Å². The molecule has 0 spiro atoms. The summed E-state index contributed by atoms with van der Waals surface area (Å²) in [5, 5.41) is 3.01. The van der Waals surface area contributed by atoms with Crippen LogP contribution in [0.3, 0.4) is 0 Å². The van der Waals surface area contributed by atoms with E-state index in [2.05, 4.69) is 10.0 Å². The van der Waals surface area contributed by atoms with Crippen LogP contribution in [-0.4, -0.2) is 20.6 Å². The summed E-state index contributed by atoms with van der Waals surface area (Å²) in [6.07, 6.45) is 1.02. The molecule has 7 heteroatoms. The lowest BCUT2D eigenvalue weighted by atomic mass is 10.1. The molecule has 0 heterocycles. The molecule has 2 aromatic rings. The summed E-state index contributed by atoms with van der Waals surface area (Å²) < 4.78 is 24.9. The predicted molar refractivity (Wildman–Crippen MR) is 93.8 cm³/mol. The van der Waals surface area contributed by atoms with Crippen LogP contribution < -0.4 is 10.0 Å². The number of benzene rings is 2. The Balaban J connectivity index is 2.27. The highest BCUT2D eigenvalue weighted by Crippen LogP contribution is 2.24. The van der Waals surface area contributed by atoms with E-state index in [0.29, 0.717) is 11.3 Å². The van der Waals surface area contributed by atoms with E-state index < -0.39 is 10.0 Å². The molecule has 2 N–H and O–H groups in total. The summed E-state index contributed by atoms with van der Waals surface area (Å²) in [6.45, 7) is 3.89. The summed E-state index contributed by atoms with van der Waals surface area (Å²) in [4.78, 5) is 12.3. The van der Waals surface area contributed by atoms with Gasteiger partial charge >= 0.3 is 0 Å². The lowest BCUT2D eigenvalue weighted by Crippen LogP contribution is -2.14. The zero-order chi connectivity index (χ0) is 17.2. The molecule has 0 saturated carbocycles. The molecule has 0 aliphatic heterocycles. The van der Waals surface area contributed by atoms with Crippen LogP contribution in [0.5, 0.6) is 0 Å². The Kier molecular flexibility index (Phi) is 4.97. The quantitative estimate of drug-likeness (QED) is 0.883. The van der Waals surface area contributed by atoms with Gasteiger partial charge in [0.2, 0.25) is 10.0 Å². The second kappa shape index (κ2) is 6.60. The number of carbonyl (C=O) groups excluding carboxylic acids is 1. The first-order valence-corrected chi connectivity index (χ1v) is 9.08. The van der Waals surface area contributed by atoms with Crippen LogP contribution in [0.1, 0.15) is 21.5 Å². The van der Waals surface area contributed by atoms with Gasteiger partial charge in [-0.1, -0.05) is 17.7 Å². The first kappa shape index (κ1) is 17.3. The van der Waals surface area contributed by atoms with Gasteiger partial charge in [0.05, 0.1) is 17.0 Å². The third kappa shape index (κ3) is 4.97. The molecule has 2 rings (SSSR count). The minimum atomic E-state index is -3.48. The van der Waals surface area contributed by atoms with Gasteiger partial charge in [0.25, 0.3) is 5.91 Å². The maximum atomic E-state index is 12.3. The Morgan fingerprint density at radius 3 is 2.22 bits per heavy atom. The fourth-order valence-corrected chi connectivity index (χ4v) is 2.98. The topological polar surface area (TPSA) is 75.3 Å². The van der Waals surface area contributed by atoms with E-state index >= 15 is 0 Å². The van der Waals surface area contributed by atoms with Gasteiger partial charge in [-0.05, 0) is 55.3 Å². The third-order valence-corrected chi connectivity index (χ3v) is 3.92. The van der Waals surface area contributed by atoms with Gasteiger partial charge in [0.15, 0.2) is 0 Å². The van der Waals surface area contributed by atoms with Gasteiger partial charge in [-0.25, -0.2) is 8.42 Å². The number of aryl methyl sites for hydroxylation is 2. The van der Waals surface area contributed by atoms with Gasteiger partial charge in [-0.3, -0.25) is 9.52 Å². The Labute approximate surface area is 140 Å². The number of carbonyl (C=O) groups is 1. The first-order chi connectivity index (χ1) is 10.6. The van der Waals surface area contributed by atoms with Crippen LogP contribution in [0.25, 0.3) is 0 Å². The second-order valence-electron chi connectivity index (χ2n) is 5.40. The molecule has 0 saturated heterocycles. The maximum absolute atomic E-state index is 12.3. The van der Waals surface area contributed by atoms with E-state index in [1.165, 1.54) is 18.2 Å². The van der Waals surface area contributed by atoms with Crippen LogP contribution in [0.4, 0.5) is 11.4 Å². The van der Waals surface area contributed by atoms with Crippen LogP contribution in [0, 0.1) is 13.8 Å². The molecule has 2 aromatic carbocycles. The Morgan fingerprint density at radius 2 is 1.65 bits per heavy atom. The van der Waals surface area contributed by atoms with Crippen LogP contribution >= 0.6 is 11.6 Å². The molecule has 0 fully saturated rings. The molecule has 0 aromatic heterocycles. The maximum Gasteiger partial charge on any atom is 0.255 e. The zero-order valence-corrected chi connectivity index (χ0v) is 14.5. The van der Waals surface area contributed by atoms with Crippen molar-refractivity contribution < 1.29 is 13.2 Å². The Bertz CT molecular complexity index is 843. The monoisotopic (exact) mass is 352 g/mol. The van der Waals surface area contributed by atoms with Crippen molar-refractivity contribution in [3.05, 3.63) is 58.1 Å².